The van der Waals surface area contributed by atoms with Gasteiger partial charge in [-0.25, -0.2) is 4.98 Å². The zero-order valence-corrected chi connectivity index (χ0v) is 12.4. The van der Waals surface area contributed by atoms with Gasteiger partial charge in [-0.3, -0.25) is 4.79 Å². The van der Waals surface area contributed by atoms with Crippen LogP contribution in [0, 0.1) is 0 Å². The van der Waals surface area contributed by atoms with Gasteiger partial charge >= 0.3 is 0 Å². The highest BCUT2D eigenvalue weighted by molar-refractivity contribution is 6.18. The van der Waals surface area contributed by atoms with Gasteiger partial charge in [-0.2, -0.15) is 0 Å². The van der Waals surface area contributed by atoms with Crippen LogP contribution in [0.3, 0.4) is 0 Å². The van der Waals surface area contributed by atoms with Crippen molar-refractivity contribution in [2.45, 2.75) is 32.4 Å². The van der Waals surface area contributed by atoms with E-state index >= 15 is 0 Å². The predicted molar refractivity (Wildman–Crippen MR) is 76.2 cm³/mol. The standard InChI is InChI=1S/C13H20ClN3O2/c1-13(2,3)17-5-4-15-11(12(17)18)16-6-7-19-10(8-14)9-16/h4-5,10H,6-9H2,1-3H3. The molecule has 19 heavy (non-hydrogen) atoms. The van der Waals surface area contributed by atoms with Gasteiger partial charge in [0.25, 0.3) is 5.56 Å². The van der Waals surface area contributed by atoms with Crippen molar-refractivity contribution >= 4 is 17.4 Å². The summed E-state index contributed by atoms with van der Waals surface area (Å²) in [6.45, 7) is 7.85. The third kappa shape index (κ3) is 3.09. The minimum absolute atomic E-state index is 0.0418. The number of aromatic nitrogens is 2. The number of hydrogen-bond acceptors (Lipinski definition) is 4. The highest BCUT2D eigenvalue weighted by Crippen LogP contribution is 2.15. The summed E-state index contributed by atoms with van der Waals surface area (Å²) in [4.78, 5) is 18.7. The lowest BCUT2D eigenvalue weighted by atomic mass is 10.1. The van der Waals surface area contributed by atoms with Crippen molar-refractivity contribution in [3.05, 3.63) is 22.7 Å². The maximum Gasteiger partial charge on any atom is 0.293 e. The molecule has 5 nitrogen and oxygen atoms in total. The molecule has 1 atom stereocenters. The van der Waals surface area contributed by atoms with E-state index in [1.165, 1.54) is 0 Å². The van der Waals surface area contributed by atoms with Crippen molar-refractivity contribution in [1.82, 2.24) is 9.55 Å². The molecule has 2 heterocycles. The summed E-state index contributed by atoms with van der Waals surface area (Å²) < 4.78 is 7.21. The number of ether oxygens (including phenoxy) is 1. The van der Waals surface area contributed by atoms with Crippen molar-refractivity contribution in [3.8, 4) is 0 Å². The normalized spacial score (nSPS) is 20.6. The maximum atomic E-state index is 12.5. The lowest BCUT2D eigenvalue weighted by Gasteiger charge is -2.33. The number of alkyl halides is 1. The van der Waals surface area contributed by atoms with E-state index in [-0.39, 0.29) is 17.2 Å². The molecule has 0 aromatic carbocycles. The van der Waals surface area contributed by atoms with Crippen LogP contribution < -0.4 is 10.5 Å². The fraction of sp³-hybridized carbons (Fsp3) is 0.692. The van der Waals surface area contributed by atoms with Crippen LogP contribution in [-0.4, -0.2) is 41.2 Å². The van der Waals surface area contributed by atoms with Gasteiger partial charge in [0.15, 0.2) is 5.82 Å². The number of rotatable bonds is 2. The Morgan fingerprint density at radius 1 is 1.53 bits per heavy atom. The minimum atomic E-state index is -0.257. The largest absolute Gasteiger partial charge is 0.373 e. The fourth-order valence-electron chi connectivity index (χ4n) is 2.15. The SMILES string of the molecule is CC(C)(C)n1ccnc(N2CCOC(CCl)C2)c1=O. The highest BCUT2D eigenvalue weighted by atomic mass is 35.5. The minimum Gasteiger partial charge on any atom is -0.373 e. The smallest absolute Gasteiger partial charge is 0.293 e. The van der Waals surface area contributed by atoms with Crippen LogP contribution in [0.4, 0.5) is 5.82 Å². The van der Waals surface area contributed by atoms with E-state index in [0.29, 0.717) is 31.4 Å². The molecule has 1 saturated heterocycles. The Morgan fingerprint density at radius 3 is 2.89 bits per heavy atom. The van der Waals surface area contributed by atoms with Gasteiger partial charge in [0, 0.05) is 31.0 Å². The molecule has 1 aromatic heterocycles. The number of hydrogen-bond donors (Lipinski definition) is 0. The molecule has 0 spiro atoms. The first-order valence-electron chi connectivity index (χ1n) is 6.44. The topological polar surface area (TPSA) is 47.4 Å². The first-order valence-corrected chi connectivity index (χ1v) is 6.97. The second-order valence-corrected chi connectivity index (χ2v) is 6.00. The third-order valence-electron chi connectivity index (χ3n) is 3.16. The number of morpholine rings is 1. The van der Waals surface area contributed by atoms with Crippen molar-refractivity contribution in [2.24, 2.45) is 0 Å². The molecule has 2 rings (SSSR count). The van der Waals surface area contributed by atoms with E-state index in [1.807, 2.05) is 25.7 Å². The zero-order valence-electron chi connectivity index (χ0n) is 11.6. The van der Waals surface area contributed by atoms with E-state index < -0.39 is 0 Å². The van der Waals surface area contributed by atoms with Crippen molar-refractivity contribution in [3.63, 3.8) is 0 Å². The molecule has 0 radical (unpaired) electrons. The van der Waals surface area contributed by atoms with Crippen molar-refractivity contribution in [1.29, 1.82) is 0 Å². The van der Waals surface area contributed by atoms with Crippen LogP contribution in [0.15, 0.2) is 17.2 Å². The maximum absolute atomic E-state index is 12.5. The quantitative estimate of drug-likeness (QED) is 0.772. The lowest BCUT2D eigenvalue weighted by molar-refractivity contribution is 0.0550. The van der Waals surface area contributed by atoms with Crippen LogP contribution in [-0.2, 0) is 10.3 Å². The summed E-state index contributed by atoms with van der Waals surface area (Å²) in [5, 5.41) is 0. The summed E-state index contributed by atoms with van der Waals surface area (Å²) in [5.74, 6) is 0.910. The monoisotopic (exact) mass is 285 g/mol. The average molecular weight is 286 g/mol. The number of halogens is 1. The molecular weight excluding hydrogens is 266 g/mol. The number of nitrogens with zero attached hydrogens (tertiary/aromatic N) is 3. The predicted octanol–water partition coefficient (Wildman–Crippen LogP) is 1.44. The van der Waals surface area contributed by atoms with Gasteiger partial charge in [0.05, 0.1) is 18.6 Å². The summed E-state index contributed by atoms with van der Waals surface area (Å²) in [6, 6.07) is 0. The van der Waals surface area contributed by atoms with Crippen LogP contribution in [0.25, 0.3) is 0 Å². The summed E-state index contributed by atoms with van der Waals surface area (Å²) in [6.07, 6.45) is 3.36. The van der Waals surface area contributed by atoms with E-state index in [4.69, 9.17) is 16.3 Å². The molecule has 0 amide bonds. The molecular formula is C13H20ClN3O2. The van der Waals surface area contributed by atoms with E-state index in [2.05, 4.69) is 4.98 Å². The first kappa shape index (κ1) is 14.3. The van der Waals surface area contributed by atoms with Crippen molar-refractivity contribution < 1.29 is 4.74 Å². The van der Waals surface area contributed by atoms with Crippen molar-refractivity contribution in [2.75, 3.05) is 30.5 Å². The molecule has 1 aliphatic rings. The molecule has 1 aromatic rings. The van der Waals surface area contributed by atoms with Gasteiger partial charge < -0.3 is 14.2 Å². The Balaban J connectivity index is 2.33. The second kappa shape index (κ2) is 5.51. The Morgan fingerprint density at radius 2 is 2.26 bits per heavy atom. The Labute approximate surface area is 118 Å². The highest BCUT2D eigenvalue weighted by Gasteiger charge is 2.25. The molecule has 6 heteroatoms. The van der Waals surface area contributed by atoms with Gasteiger partial charge in [-0.1, -0.05) is 0 Å². The molecule has 0 bridgehead atoms. The van der Waals surface area contributed by atoms with E-state index in [0.717, 1.165) is 0 Å². The molecule has 0 saturated carbocycles. The average Bonchev–Trinajstić information content (AvgIpc) is 2.37. The molecule has 1 unspecified atom stereocenters. The van der Waals surface area contributed by atoms with Crippen LogP contribution in [0.1, 0.15) is 20.8 Å². The van der Waals surface area contributed by atoms with E-state index in [9.17, 15) is 4.79 Å². The summed E-state index contributed by atoms with van der Waals surface area (Å²) in [7, 11) is 0. The lowest BCUT2D eigenvalue weighted by Crippen LogP contribution is -2.47. The van der Waals surface area contributed by atoms with Crippen LogP contribution in [0.2, 0.25) is 0 Å². The van der Waals surface area contributed by atoms with Gasteiger partial charge in [0.2, 0.25) is 0 Å². The van der Waals surface area contributed by atoms with E-state index in [1.54, 1.807) is 17.0 Å². The molecule has 106 valence electrons. The zero-order chi connectivity index (χ0) is 14.0. The van der Waals surface area contributed by atoms with Crippen LogP contribution >= 0.6 is 11.6 Å². The molecule has 0 N–H and O–H groups in total. The summed E-state index contributed by atoms with van der Waals surface area (Å²) >= 11 is 5.82. The Kier molecular flexibility index (Phi) is 4.16. The Hall–Kier alpha value is -1.07. The number of anilines is 1. The Bertz CT molecular complexity index is 495. The fourth-order valence-corrected chi connectivity index (χ4v) is 2.34. The van der Waals surface area contributed by atoms with Crippen LogP contribution in [0.5, 0.6) is 0 Å². The first-order chi connectivity index (χ1) is 8.93. The van der Waals surface area contributed by atoms with Gasteiger partial charge in [0.1, 0.15) is 0 Å². The molecule has 0 aliphatic carbocycles. The third-order valence-corrected chi connectivity index (χ3v) is 3.50. The molecule has 1 fully saturated rings. The van der Waals surface area contributed by atoms with Gasteiger partial charge in [-0.05, 0) is 20.8 Å². The second-order valence-electron chi connectivity index (χ2n) is 5.69. The van der Waals surface area contributed by atoms with Gasteiger partial charge in [-0.15, -0.1) is 11.6 Å². The summed E-state index contributed by atoms with van der Waals surface area (Å²) in [5.41, 5.74) is -0.322. The molecule has 1 aliphatic heterocycles.